The Labute approximate surface area is 120 Å². The zero-order valence-electron chi connectivity index (χ0n) is 12.4. The molecule has 0 bridgehead atoms. The monoisotopic (exact) mass is 277 g/mol. The number of benzene rings is 1. The van der Waals surface area contributed by atoms with Gasteiger partial charge in [0.25, 0.3) is 5.91 Å². The Kier molecular flexibility index (Phi) is 4.33. The Bertz CT molecular complexity index is 482. The van der Waals surface area contributed by atoms with Crippen LogP contribution in [0.3, 0.4) is 0 Å². The highest BCUT2D eigenvalue weighted by Gasteiger charge is 2.31. The van der Waals surface area contributed by atoms with Crippen LogP contribution in [0.4, 0.5) is 0 Å². The van der Waals surface area contributed by atoms with Gasteiger partial charge in [-0.05, 0) is 51.8 Å². The molecule has 20 heavy (non-hydrogen) atoms. The van der Waals surface area contributed by atoms with Crippen molar-refractivity contribution in [3.8, 4) is 5.75 Å². The molecule has 0 saturated carbocycles. The molecule has 110 valence electrons. The van der Waals surface area contributed by atoms with E-state index in [9.17, 15) is 9.90 Å². The lowest BCUT2D eigenvalue weighted by Gasteiger charge is -2.36. The first-order valence-corrected chi connectivity index (χ1v) is 7.16. The van der Waals surface area contributed by atoms with Crippen LogP contribution in [-0.2, 0) is 0 Å². The molecule has 0 aliphatic carbocycles. The van der Waals surface area contributed by atoms with Gasteiger partial charge < -0.3 is 14.7 Å². The highest BCUT2D eigenvalue weighted by molar-refractivity contribution is 5.94. The molecule has 1 saturated heterocycles. The summed E-state index contributed by atoms with van der Waals surface area (Å²) in [5, 5.41) is 10.1. The van der Waals surface area contributed by atoms with Gasteiger partial charge in [0, 0.05) is 18.7 Å². The number of ether oxygens (including phenoxy) is 1. The van der Waals surface area contributed by atoms with Crippen molar-refractivity contribution in [1.82, 2.24) is 4.90 Å². The maximum Gasteiger partial charge on any atom is 0.254 e. The smallest absolute Gasteiger partial charge is 0.254 e. The summed E-state index contributed by atoms with van der Waals surface area (Å²) in [6.07, 6.45) is 1.66. The lowest BCUT2D eigenvalue weighted by Crippen LogP contribution is -2.48. The van der Waals surface area contributed by atoms with Crippen molar-refractivity contribution in [2.45, 2.75) is 45.3 Å². The molecule has 1 aromatic rings. The maximum absolute atomic E-state index is 12.5. The second kappa shape index (κ2) is 5.83. The van der Waals surface area contributed by atoms with Crippen LogP contribution in [0.1, 0.15) is 44.0 Å². The topological polar surface area (TPSA) is 49.8 Å². The summed E-state index contributed by atoms with van der Waals surface area (Å²) in [6.45, 7) is 6.78. The van der Waals surface area contributed by atoms with Crippen LogP contribution >= 0.6 is 0 Å². The Morgan fingerprint density at radius 3 is 2.85 bits per heavy atom. The fourth-order valence-electron chi connectivity index (χ4n) is 2.55. The van der Waals surface area contributed by atoms with Gasteiger partial charge in [0.05, 0.1) is 11.7 Å². The molecule has 1 aliphatic heterocycles. The zero-order valence-corrected chi connectivity index (χ0v) is 12.4. The molecule has 1 heterocycles. The van der Waals surface area contributed by atoms with Gasteiger partial charge in [-0.25, -0.2) is 0 Å². The molecule has 1 aromatic carbocycles. The van der Waals surface area contributed by atoms with E-state index in [1.54, 1.807) is 24.0 Å². The lowest BCUT2D eigenvalue weighted by atomic mass is 9.94. The van der Waals surface area contributed by atoms with Gasteiger partial charge >= 0.3 is 0 Å². The zero-order chi connectivity index (χ0) is 14.8. The first-order chi connectivity index (χ1) is 9.37. The summed E-state index contributed by atoms with van der Waals surface area (Å²) >= 11 is 0. The second-order valence-electron chi connectivity index (χ2n) is 6.02. The number of carbonyl (C=O) groups excluding carboxylic acids is 1. The Balaban J connectivity index is 2.12. The van der Waals surface area contributed by atoms with E-state index in [1.807, 2.05) is 26.0 Å². The van der Waals surface area contributed by atoms with Crippen molar-refractivity contribution >= 4 is 5.91 Å². The molecule has 1 N–H and O–H groups in total. The molecule has 0 spiro atoms. The molecule has 1 amide bonds. The fraction of sp³-hybridized carbons (Fsp3) is 0.562. The summed E-state index contributed by atoms with van der Waals surface area (Å²) in [4.78, 5) is 14.2. The van der Waals surface area contributed by atoms with E-state index in [0.717, 1.165) is 12.8 Å². The van der Waals surface area contributed by atoms with E-state index in [1.165, 1.54) is 0 Å². The SMILES string of the molecule is CC(C)Oc1cccc(C(=O)N2CCCC(C)(O)C2)c1. The van der Waals surface area contributed by atoms with E-state index >= 15 is 0 Å². The Morgan fingerprint density at radius 2 is 2.20 bits per heavy atom. The van der Waals surface area contributed by atoms with E-state index < -0.39 is 5.60 Å². The number of piperidine rings is 1. The number of β-amino-alcohol motifs (C(OH)–C–C–N with tert-alkyl or cyclic N) is 1. The van der Waals surface area contributed by atoms with Crippen molar-refractivity contribution in [1.29, 1.82) is 0 Å². The van der Waals surface area contributed by atoms with Crippen molar-refractivity contribution in [3.63, 3.8) is 0 Å². The summed E-state index contributed by atoms with van der Waals surface area (Å²) in [6, 6.07) is 7.24. The van der Waals surface area contributed by atoms with E-state index in [4.69, 9.17) is 4.74 Å². The summed E-state index contributed by atoms with van der Waals surface area (Å²) in [5.74, 6) is 0.661. The highest BCUT2D eigenvalue weighted by Crippen LogP contribution is 2.23. The summed E-state index contributed by atoms with van der Waals surface area (Å²) in [5.41, 5.74) is -0.166. The number of carbonyl (C=O) groups is 1. The third-order valence-electron chi connectivity index (χ3n) is 3.41. The van der Waals surface area contributed by atoms with Gasteiger partial charge in [0.1, 0.15) is 5.75 Å². The van der Waals surface area contributed by atoms with Crippen LogP contribution < -0.4 is 4.74 Å². The number of aliphatic hydroxyl groups is 1. The van der Waals surface area contributed by atoms with Crippen molar-refractivity contribution in [3.05, 3.63) is 29.8 Å². The number of rotatable bonds is 3. The highest BCUT2D eigenvalue weighted by atomic mass is 16.5. The van der Waals surface area contributed by atoms with Crippen molar-refractivity contribution in [2.24, 2.45) is 0 Å². The standard InChI is InChI=1S/C16H23NO3/c1-12(2)20-14-7-4-6-13(10-14)15(18)17-9-5-8-16(3,19)11-17/h4,6-7,10,12,19H,5,8-9,11H2,1-3H3. The number of amides is 1. The van der Waals surface area contributed by atoms with Crippen LogP contribution in [0.15, 0.2) is 24.3 Å². The molecule has 1 aliphatic rings. The molecule has 4 heteroatoms. The lowest BCUT2D eigenvalue weighted by molar-refractivity contribution is -0.0107. The molecule has 0 aromatic heterocycles. The minimum Gasteiger partial charge on any atom is -0.491 e. The number of nitrogens with zero attached hydrogens (tertiary/aromatic N) is 1. The van der Waals surface area contributed by atoms with Crippen LogP contribution in [0, 0.1) is 0 Å². The van der Waals surface area contributed by atoms with E-state index in [0.29, 0.717) is 24.4 Å². The minimum atomic E-state index is -0.778. The van der Waals surface area contributed by atoms with Gasteiger partial charge in [0.15, 0.2) is 0 Å². The maximum atomic E-state index is 12.5. The number of hydrogen-bond acceptors (Lipinski definition) is 3. The van der Waals surface area contributed by atoms with E-state index in [2.05, 4.69) is 0 Å². The van der Waals surface area contributed by atoms with Crippen LogP contribution in [0.25, 0.3) is 0 Å². The van der Waals surface area contributed by atoms with Gasteiger partial charge in [-0.15, -0.1) is 0 Å². The second-order valence-corrected chi connectivity index (χ2v) is 6.02. The van der Waals surface area contributed by atoms with Crippen molar-refractivity contribution < 1.29 is 14.6 Å². The van der Waals surface area contributed by atoms with Gasteiger partial charge in [-0.2, -0.15) is 0 Å². The first-order valence-electron chi connectivity index (χ1n) is 7.16. The van der Waals surface area contributed by atoms with Crippen LogP contribution in [0.2, 0.25) is 0 Å². The molecular weight excluding hydrogens is 254 g/mol. The Morgan fingerprint density at radius 1 is 1.45 bits per heavy atom. The Hall–Kier alpha value is -1.55. The molecule has 1 unspecified atom stereocenters. The largest absolute Gasteiger partial charge is 0.491 e. The predicted octanol–water partition coefficient (Wildman–Crippen LogP) is 2.46. The molecule has 1 atom stereocenters. The molecule has 4 nitrogen and oxygen atoms in total. The molecule has 2 rings (SSSR count). The molecule has 1 fully saturated rings. The van der Waals surface area contributed by atoms with Crippen LogP contribution in [-0.4, -0.2) is 40.7 Å². The minimum absolute atomic E-state index is 0.0424. The third kappa shape index (κ3) is 3.73. The molecule has 0 radical (unpaired) electrons. The fourth-order valence-corrected chi connectivity index (χ4v) is 2.55. The summed E-state index contributed by atoms with van der Waals surface area (Å²) in [7, 11) is 0. The molecular formula is C16H23NO3. The first kappa shape index (κ1) is 14.9. The van der Waals surface area contributed by atoms with Gasteiger partial charge in [0.2, 0.25) is 0 Å². The predicted molar refractivity (Wildman–Crippen MR) is 78.0 cm³/mol. The average molecular weight is 277 g/mol. The third-order valence-corrected chi connectivity index (χ3v) is 3.41. The summed E-state index contributed by atoms with van der Waals surface area (Å²) < 4.78 is 5.61. The average Bonchev–Trinajstić information content (AvgIpc) is 2.36. The number of likely N-dealkylation sites (tertiary alicyclic amines) is 1. The quantitative estimate of drug-likeness (QED) is 0.923. The number of hydrogen-bond donors (Lipinski definition) is 1. The van der Waals surface area contributed by atoms with Gasteiger partial charge in [-0.3, -0.25) is 4.79 Å². The van der Waals surface area contributed by atoms with Crippen LogP contribution in [0.5, 0.6) is 5.75 Å². The normalized spacial score (nSPS) is 22.9. The van der Waals surface area contributed by atoms with E-state index in [-0.39, 0.29) is 12.0 Å². The van der Waals surface area contributed by atoms with Crippen molar-refractivity contribution in [2.75, 3.05) is 13.1 Å². The van der Waals surface area contributed by atoms with Gasteiger partial charge in [-0.1, -0.05) is 6.07 Å².